The highest BCUT2D eigenvalue weighted by atomic mass is 16.5. The van der Waals surface area contributed by atoms with Crippen LogP contribution >= 0.6 is 0 Å². The number of piperidine rings is 1. The molecule has 2 aromatic carbocycles. The number of hydrogen-bond donors (Lipinski definition) is 1. The van der Waals surface area contributed by atoms with Crippen LogP contribution in [-0.4, -0.2) is 45.4 Å². The van der Waals surface area contributed by atoms with Crippen LogP contribution in [0.4, 0.5) is 11.4 Å². The minimum absolute atomic E-state index is 0.0443. The van der Waals surface area contributed by atoms with E-state index in [1.807, 2.05) is 43.3 Å². The number of rotatable bonds is 8. The molecule has 0 aromatic heterocycles. The van der Waals surface area contributed by atoms with Gasteiger partial charge in [0.2, 0.25) is 0 Å². The number of anilines is 2. The van der Waals surface area contributed by atoms with Gasteiger partial charge >= 0.3 is 0 Å². The topological polar surface area (TPSA) is 60.0 Å². The summed E-state index contributed by atoms with van der Waals surface area (Å²) < 4.78 is 16.4. The quantitative estimate of drug-likeness (QED) is 0.752. The summed E-state index contributed by atoms with van der Waals surface area (Å²) in [6, 6.07) is 15.1. The highest BCUT2D eigenvalue weighted by Crippen LogP contribution is 2.23. The second-order valence-electron chi connectivity index (χ2n) is 6.73. The van der Waals surface area contributed by atoms with Gasteiger partial charge in [0.25, 0.3) is 5.91 Å². The lowest BCUT2D eigenvalue weighted by Gasteiger charge is -2.33. The summed E-state index contributed by atoms with van der Waals surface area (Å²) >= 11 is 0. The number of hydrogen-bond acceptors (Lipinski definition) is 5. The third kappa shape index (κ3) is 5.63. The SMILES string of the molecule is CCOc1ccc(OCC(=O)Nc2ccc(N3CCCC(OC)C3)cc2)cc1. The first-order valence-electron chi connectivity index (χ1n) is 9.71. The van der Waals surface area contributed by atoms with Crippen molar-refractivity contribution in [2.24, 2.45) is 0 Å². The molecule has 0 aliphatic carbocycles. The molecule has 1 saturated heterocycles. The molecular formula is C22H28N2O4. The Balaban J connectivity index is 1.47. The molecule has 1 aliphatic heterocycles. The van der Waals surface area contributed by atoms with Crippen LogP contribution in [0.3, 0.4) is 0 Å². The lowest BCUT2D eigenvalue weighted by Crippen LogP contribution is -2.39. The zero-order valence-corrected chi connectivity index (χ0v) is 16.5. The molecule has 3 rings (SSSR count). The van der Waals surface area contributed by atoms with Crippen LogP contribution in [0.5, 0.6) is 11.5 Å². The zero-order chi connectivity index (χ0) is 19.8. The molecule has 1 amide bonds. The van der Waals surface area contributed by atoms with Gasteiger partial charge in [-0.25, -0.2) is 0 Å². The standard InChI is InChI=1S/C22H28N2O4/c1-3-27-19-10-12-20(13-11-19)28-16-22(25)23-17-6-8-18(9-7-17)24-14-4-5-21(15-24)26-2/h6-13,21H,3-5,14-16H2,1-2H3,(H,23,25). The van der Waals surface area contributed by atoms with E-state index in [0.29, 0.717) is 12.4 Å². The average Bonchev–Trinajstić information content (AvgIpc) is 2.74. The predicted molar refractivity (Wildman–Crippen MR) is 110 cm³/mol. The number of carbonyl (C=O) groups excluding carboxylic acids is 1. The van der Waals surface area contributed by atoms with Crippen molar-refractivity contribution in [1.29, 1.82) is 0 Å². The first-order valence-corrected chi connectivity index (χ1v) is 9.71. The van der Waals surface area contributed by atoms with Gasteiger partial charge in [0.1, 0.15) is 11.5 Å². The highest BCUT2D eigenvalue weighted by molar-refractivity contribution is 5.92. The Morgan fingerprint density at radius 2 is 1.75 bits per heavy atom. The van der Waals surface area contributed by atoms with Gasteiger partial charge in [0.05, 0.1) is 12.7 Å². The molecule has 0 spiro atoms. The van der Waals surface area contributed by atoms with Gasteiger partial charge in [-0.3, -0.25) is 4.79 Å². The van der Waals surface area contributed by atoms with Gasteiger partial charge in [-0.15, -0.1) is 0 Å². The van der Waals surface area contributed by atoms with E-state index in [2.05, 4.69) is 10.2 Å². The van der Waals surface area contributed by atoms with Gasteiger partial charge in [0.15, 0.2) is 6.61 Å². The monoisotopic (exact) mass is 384 g/mol. The number of nitrogens with one attached hydrogen (secondary N) is 1. The molecule has 28 heavy (non-hydrogen) atoms. The van der Waals surface area contributed by atoms with Gasteiger partial charge in [0, 0.05) is 31.6 Å². The number of nitrogens with zero attached hydrogens (tertiary/aromatic N) is 1. The lowest BCUT2D eigenvalue weighted by molar-refractivity contribution is -0.118. The Morgan fingerprint density at radius 3 is 2.39 bits per heavy atom. The molecule has 150 valence electrons. The van der Waals surface area contributed by atoms with Crippen molar-refractivity contribution in [1.82, 2.24) is 0 Å². The summed E-state index contributed by atoms with van der Waals surface area (Å²) in [6.45, 7) is 4.44. The normalized spacial score (nSPS) is 16.5. The highest BCUT2D eigenvalue weighted by Gasteiger charge is 2.19. The van der Waals surface area contributed by atoms with Crippen LogP contribution in [0, 0.1) is 0 Å². The molecule has 1 atom stereocenters. The lowest BCUT2D eigenvalue weighted by atomic mass is 10.1. The van der Waals surface area contributed by atoms with Crippen LogP contribution in [0.2, 0.25) is 0 Å². The van der Waals surface area contributed by atoms with Crippen molar-refractivity contribution < 1.29 is 19.0 Å². The fraction of sp³-hybridized carbons (Fsp3) is 0.409. The molecule has 1 N–H and O–H groups in total. The number of amides is 1. The second-order valence-corrected chi connectivity index (χ2v) is 6.73. The Labute approximate surface area is 166 Å². The van der Waals surface area contributed by atoms with E-state index < -0.39 is 0 Å². The first-order chi connectivity index (χ1) is 13.7. The summed E-state index contributed by atoms with van der Waals surface area (Å²) in [5.41, 5.74) is 1.90. The summed E-state index contributed by atoms with van der Waals surface area (Å²) in [7, 11) is 1.77. The maximum absolute atomic E-state index is 12.1. The number of ether oxygens (including phenoxy) is 3. The van der Waals surface area contributed by atoms with Crippen molar-refractivity contribution in [2.75, 3.05) is 43.6 Å². The number of methoxy groups -OCH3 is 1. The fourth-order valence-electron chi connectivity index (χ4n) is 3.27. The summed E-state index contributed by atoms with van der Waals surface area (Å²) in [5.74, 6) is 1.22. The fourth-order valence-corrected chi connectivity index (χ4v) is 3.27. The summed E-state index contributed by atoms with van der Waals surface area (Å²) in [4.78, 5) is 14.5. The molecule has 6 nitrogen and oxygen atoms in total. The molecule has 0 bridgehead atoms. The van der Waals surface area contributed by atoms with Crippen molar-refractivity contribution in [2.45, 2.75) is 25.9 Å². The molecule has 1 unspecified atom stereocenters. The van der Waals surface area contributed by atoms with Crippen molar-refractivity contribution >= 4 is 17.3 Å². The first kappa shape index (κ1) is 20.0. The minimum atomic E-state index is -0.195. The van der Waals surface area contributed by atoms with E-state index in [-0.39, 0.29) is 18.6 Å². The van der Waals surface area contributed by atoms with E-state index in [0.717, 1.165) is 43.1 Å². The molecule has 0 saturated carbocycles. The Morgan fingerprint density at radius 1 is 1.07 bits per heavy atom. The van der Waals surface area contributed by atoms with E-state index in [4.69, 9.17) is 14.2 Å². The van der Waals surface area contributed by atoms with Crippen molar-refractivity contribution in [3.63, 3.8) is 0 Å². The van der Waals surface area contributed by atoms with Gasteiger partial charge in [-0.1, -0.05) is 0 Å². The van der Waals surface area contributed by atoms with Crippen LogP contribution < -0.4 is 19.7 Å². The Bertz CT molecular complexity index is 746. The van der Waals surface area contributed by atoms with Crippen LogP contribution in [0.15, 0.2) is 48.5 Å². The Kier molecular flexibility index (Phi) is 7.14. The van der Waals surface area contributed by atoms with E-state index in [1.54, 1.807) is 19.2 Å². The molecule has 0 radical (unpaired) electrons. The summed E-state index contributed by atoms with van der Waals surface area (Å²) in [5, 5.41) is 2.86. The van der Waals surface area contributed by atoms with E-state index >= 15 is 0 Å². The molecule has 1 fully saturated rings. The maximum Gasteiger partial charge on any atom is 0.262 e. The van der Waals surface area contributed by atoms with Crippen molar-refractivity contribution in [3.05, 3.63) is 48.5 Å². The number of benzene rings is 2. The maximum atomic E-state index is 12.1. The van der Waals surface area contributed by atoms with Crippen LogP contribution in [0.25, 0.3) is 0 Å². The molecular weight excluding hydrogens is 356 g/mol. The minimum Gasteiger partial charge on any atom is -0.494 e. The molecule has 6 heteroatoms. The second kappa shape index (κ2) is 9.99. The predicted octanol–water partition coefficient (Wildman–Crippen LogP) is 3.72. The van der Waals surface area contributed by atoms with E-state index in [1.165, 1.54) is 0 Å². The summed E-state index contributed by atoms with van der Waals surface area (Å²) in [6.07, 6.45) is 2.52. The smallest absolute Gasteiger partial charge is 0.262 e. The molecule has 1 heterocycles. The molecule has 2 aromatic rings. The average molecular weight is 384 g/mol. The number of carbonyl (C=O) groups is 1. The zero-order valence-electron chi connectivity index (χ0n) is 16.5. The molecule has 1 aliphatic rings. The van der Waals surface area contributed by atoms with Gasteiger partial charge in [-0.2, -0.15) is 0 Å². The largest absolute Gasteiger partial charge is 0.494 e. The van der Waals surface area contributed by atoms with Crippen LogP contribution in [0.1, 0.15) is 19.8 Å². The third-order valence-electron chi connectivity index (χ3n) is 4.73. The van der Waals surface area contributed by atoms with Gasteiger partial charge < -0.3 is 24.4 Å². The Hall–Kier alpha value is -2.73. The third-order valence-corrected chi connectivity index (χ3v) is 4.73. The van der Waals surface area contributed by atoms with Crippen molar-refractivity contribution in [3.8, 4) is 11.5 Å². The van der Waals surface area contributed by atoms with E-state index in [9.17, 15) is 4.79 Å². The van der Waals surface area contributed by atoms with Crippen LogP contribution in [-0.2, 0) is 9.53 Å². The van der Waals surface area contributed by atoms with Gasteiger partial charge in [-0.05, 0) is 68.3 Å².